The number of nitrogens with one attached hydrogen (secondary N) is 2. The Labute approximate surface area is 116 Å². The largest absolute Gasteiger partial charge is 0.361 e. The van der Waals surface area contributed by atoms with Crippen LogP contribution in [0.1, 0.15) is 35.3 Å². The van der Waals surface area contributed by atoms with Crippen molar-refractivity contribution in [3.8, 4) is 0 Å². The van der Waals surface area contributed by atoms with E-state index >= 15 is 0 Å². The average Bonchev–Trinajstić information content (AvgIpc) is 2.90. The van der Waals surface area contributed by atoms with E-state index in [9.17, 15) is 0 Å². The van der Waals surface area contributed by atoms with Crippen molar-refractivity contribution >= 4 is 23.1 Å². The lowest BCUT2D eigenvalue weighted by molar-refractivity contribution is 0.855. The number of anilines is 2. The van der Waals surface area contributed by atoms with Gasteiger partial charge in [-0.3, -0.25) is 5.43 Å². The standard InChI is InChI=1S/C12H18N6S/c1-4-9-6-14-11(19-9)8(3)16-10-7(2)5-15-12(17-10)18-13/h5-6,8H,4,13H2,1-3H3,(H2,15,16,17,18). The molecule has 1 atom stereocenters. The summed E-state index contributed by atoms with van der Waals surface area (Å²) in [6.45, 7) is 6.15. The van der Waals surface area contributed by atoms with Crippen LogP contribution in [0.15, 0.2) is 12.4 Å². The van der Waals surface area contributed by atoms with Gasteiger partial charge in [0.1, 0.15) is 10.8 Å². The molecule has 0 radical (unpaired) electrons. The molecule has 0 aromatic carbocycles. The first kappa shape index (κ1) is 13.7. The van der Waals surface area contributed by atoms with Crippen LogP contribution in [0, 0.1) is 6.92 Å². The molecule has 19 heavy (non-hydrogen) atoms. The Hall–Kier alpha value is -1.73. The van der Waals surface area contributed by atoms with E-state index in [1.165, 1.54) is 4.88 Å². The third kappa shape index (κ3) is 3.18. The molecule has 7 heteroatoms. The highest BCUT2D eigenvalue weighted by atomic mass is 32.1. The van der Waals surface area contributed by atoms with Gasteiger partial charge in [-0.15, -0.1) is 11.3 Å². The van der Waals surface area contributed by atoms with Gasteiger partial charge in [0.2, 0.25) is 5.95 Å². The molecule has 0 bridgehead atoms. The van der Waals surface area contributed by atoms with Crippen LogP contribution in [-0.2, 0) is 6.42 Å². The topological polar surface area (TPSA) is 88.8 Å². The minimum atomic E-state index is 0.101. The van der Waals surface area contributed by atoms with Crippen LogP contribution in [0.2, 0.25) is 0 Å². The van der Waals surface area contributed by atoms with Crippen molar-refractivity contribution in [2.24, 2.45) is 5.84 Å². The van der Waals surface area contributed by atoms with Crippen molar-refractivity contribution in [2.45, 2.75) is 33.2 Å². The molecule has 2 heterocycles. The van der Waals surface area contributed by atoms with Crippen LogP contribution in [-0.4, -0.2) is 15.0 Å². The van der Waals surface area contributed by atoms with Crippen molar-refractivity contribution in [3.63, 3.8) is 0 Å². The van der Waals surface area contributed by atoms with Crippen LogP contribution < -0.4 is 16.6 Å². The Morgan fingerprint density at radius 3 is 2.79 bits per heavy atom. The van der Waals surface area contributed by atoms with E-state index in [0.29, 0.717) is 5.95 Å². The molecule has 0 aliphatic rings. The fourth-order valence-electron chi connectivity index (χ4n) is 1.61. The normalized spacial score (nSPS) is 12.2. The monoisotopic (exact) mass is 278 g/mol. The summed E-state index contributed by atoms with van der Waals surface area (Å²) >= 11 is 1.72. The second kappa shape index (κ2) is 5.94. The fourth-order valence-corrected chi connectivity index (χ4v) is 2.47. The van der Waals surface area contributed by atoms with E-state index < -0.39 is 0 Å². The Morgan fingerprint density at radius 2 is 2.16 bits per heavy atom. The third-order valence-corrected chi connectivity index (χ3v) is 4.07. The molecule has 0 saturated heterocycles. The molecule has 0 spiro atoms. The summed E-state index contributed by atoms with van der Waals surface area (Å²) in [4.78, 5) is 14.1. The van der Waals surface area contributed by atoms with Crippen molar-refractivity contribution < 1.29 is 0 Å². The summed E-state index contributed by atoms with van der Waals surface area (Å²) < 4.78 is 0. The highest BCUT2D eigenvalue weighted by molar-refractivity contribution is 7.11. The second-order valence-corrected chi connectivity index (χ2v) is 5.40. The van der Waals surface area contributed by atoms with Crippen LogP contribution in [0.5, 0.6) is 0 Å². The van der Waals surface area contributed by atoms with E-state index in [1.54, 1.807) is 17.5 Å². The molecule has 0 aliphatic heterocycles. The lowest BCUT2D eigenvalue weighted by Gasteiger charge is -2.14. The second-order valence-electron chi connectivity index (χ2n) is 4.25. The number of rotatable bonds is 5. The maximum Gasteiger partial charge on any atom is 0.239 e. The molecule has 0 aliphatic carbocycles. The molecule has 2 rings (SSSR count). The molecular formula is C12H18N6S. The van der Waals surface area contributed by atoms with E-state index in [1.807, 2.05) is 13.1 Å². The molecule has 0 amide bonds. The Bertz CT molecular complexity index is 553. The van der Waals surface area contributed by atoms with Crippen molar-refractivity contribution in [1.29, 1.82) is 0 Å². The van der Waals surface area contributed by atoms with Gasteiger partial charge >= 0.3 is 0 Å². The van der Waals surface area contributed by atoms with Crippen LogP contribution in [0.3, 0.4) is 0 Å². The highest BCUT2D eigenvalue weighted by Gasteiger charge is 2.12. The first-order chi connectivity index (χ1) is 9.13. The van der Waals surface area contributed by atoms with E-state index in [0.717, 1.165) is 22.8 Å². The maximum atomic E-state index is 5.32. The van der Waals surface area contributed by atoms with Gasteiger partial charge in [-0.25, -0.2) is 15.8 Å². The minimum Gasteiger partial charge on any atom is -0.361 e. The number of nitrogens with two attached hydrogens (primary N) is 1. The summed E-state index contributed by atoms with van der Waals surface area (Å²) in [6.07, 6.45) is 4.67. The van der Waals surface area contributed by atoms with Gasteiger partial charge in [0.05, 0.1) is 6.04 Å². The average molecular weight is 278 g/mol. The maximum absolute atomic E-state index is 5.32. The predicted octanol–water partition coefficient (Wildman–Crippen LogP) is 2.26. The zero-order chi connectivity index (χ0) is 13.8. The smallest absolute Gasteiger partial charge is 0.239 e. The summed E-state index contributed by atoms with van der Waals surface area (Å²) in [5, 5.41) is 4.39. The molecular weight excluding hydrogens is 260 g/mol. The molecule has 4 N–H and O–H groups in total. The predicted molar refractivity (Wildman–Crippen MR) is 78.1 cm³/mol. The number of hydrazine groups is 1. The number of hydrogen-bond acceptors (Lipinski definition) is 7. The van der Waals surface area contributed by atoms with Gasteiger partial charge in [-0.1, -0.05) is 6.92 Å². The summed E-state index contributed by atoms with van der Waals surface area (Å²) in [7, 11) is 0. The molecule has 1 unspecified atom stereocenters. The van der Waals surface area contributed by atoms with E-state index in [-0.39, 0.29) is 6.04 Å². The molecule has 0 saturated carbocycles. The number of nitrogens with zero attached hydrogens (tertiary/aromatic N) is 3. The fraction of sp³-hybridized carbons (Fsp3) is 0.417. The number of thiazole rings is 1. The third-order valence-electron chi connectivity index (χ3n) is 2.74. The first-order valence-electron chi connectivity index (χ1n) is 6.15. The lowest BCUT2D eigenvalue weighted by Crippen LogP contribution is -2.14. The van der Waals surface area contributed by atoms with Gasteiger partial charge in [-0.05, 0) is 20.3 Å². The van der Waals surface area contributed by atoms with Crippen molar-refractivity contribution in [2.75, 3.05) is 10.7 Å². The molecule has 102 valence electrons. The zero-order valence-electron chi connectivity index (χ0n) is 11.3. The zero-order valence-corrected chi connectivity index (χ0v) is 12.1. The van der Waals surface area contributed by atoms with Crippen LogP contribution >= 0.6 is 11.3 Å². The number of aryl methyl sites for hydroxylation is 2. The molecule has 0 fully saturated rings. The van der Waals surface area contributed by atoms with Gasteiger partial charge in [0.25, 0.3) is 0 Å². The van der Waals surface area contributed by atoms with Crippen LogP contribution in [0.4, 0.5) is 11.8 Å². The Balaban J connectivity index is 2.15. The van der Waals surface area contributed by atoms with Crippen LogP contribution in [0.25, 0.3) is 0 Å². The number of nitrogen functional groups attached to an aromatic ring is 1. The quantitative estimate of drug-likeness (QED) is 0.574. The first-order valence-corrected chi connectivity index (χ1v) is 6.97. The molecule has 6 nitrogen and oxygen atoms in total. The Kier molecular flexibility index (Phi) is 4.28. The van der Waals surface area contributed by atoms with Gasteiger partial charge in [-0.2, -0.15) is 4.98 Å². The van der Waals surface area contributed by atoms with E-state index in [2.05, 4.69) is 39.5 Å². The lowest BCUT2D eigenvalue weighted by atomic mass is 10.3. The summed E-state index contributed by atoms with van der Waals surface area (Å²) in [6, 6.07) is 0.101. The summed E-state index contributed by atoms with van der Waals surface area (Å²) in [5.74, 6) is 6.48. The number of hydrogen-bond donors (Lipinski definition) is 3. The molecule has 2 aromatic heterocycles. The van der Waals surface area contributed by atoms with Crippen molar-refractivity contribution in [3.05, 3.63) is 27.8 Å². The summed E-state index contributed by atoms with van der Waals surface area (Å²) in [5.41, 5.74) is 3.42. The van der Waals surface area contributed by atoms with Crippen molar-refractivity contribution in [1.82, 2.24) is 15.0 Å². The molecule has 2 aromatic rings. The SMILES string of the molecule is CCc1cnc(C(C)Nc2nc(NN)ncc2C)s1. The van der Waals surface area contributed by atoms with Gasteiger partial charge in [0.15, 0.2) is 0 Å². The van der Waals surface area contributed by atoms with E-state index in [4.69, 9.17) is 5.84 Å². The highest BCUT2D eigenvalue weighted by Crippen LogP contribution is 2.24. The minimum absolute atomic E-state index is 0.101. The van der Waals surface area contributed by atoms with Gasteiger partial charge < -0.3 is 5.32 Å². The van der Waals surface area contributed by atoms with Gasteiger partial charge in [0, 0.05) is 22.8 Å². The Morgan fingerprint density at radius 1 is 1.37 bits per heavy atom. The number of aromatic nitrogens is 3.